The number of rotatable bonds is 5. The number of methoxy groups -OCH3 is 1. The van der Waals surface area contributed by atoms with E-state index in [2.05, 4.69) is 13.8 Å². The van der Waals surface area contributed by atoms with E-state index in [1.54, 1.807) is 0 Å². The summed E-state index contributed by atoms with van der Waals surface area (Å²) in [7, 11) is 1.37. The number of benzene rings is 2. The van der Waals surface area contributed by atoms with Gasteiger partial charge in [0.15, 0.2) is 5.17 Å². The summed E-state index contributed by atoms with van der Waals surface area (Å²) in [5.41, 5.74) is 2.85. The molecule has 0 saturated carbocycles. The summed E-state index contributed by atoms with van der Waals surface area (Å²) in [6.07, 6.45) is 0. The van der Waals surface area contributed by atoms with Crippen LogP contribution in [0.15, 0.2) is 76.9 Å². The van der Waals surface area contributed by atoms with Gasteiger partial charge in [-0.2, -0.15) is 0 Å². The minimum absolute atomic E-state index is 0.00245. The number of esters is 1. The molecule has 2 aliphatic heterocycles. The van der Waals surface area contributed by atoms with E-state index < -0.39 is 17.9 Å². The third-order valence-electron chi connectivity index (χ3n) is 5.63. The summed E-state index contributed by atoms with van der Waals surface area (Å²) in [5, 5.41) is 12.9. The van der Waals surface area contributed by atoms with Crippen molar-refractivity contribution < 1.29 is 14.6 Å². The highest BCUT2D eigenvalue weighted by molar-refractivity contribution is 8.14. The van der Waals surface area contributed by atoms with E-state index in [0.717, 1.165) is 11.3 Å². The molecular formula is C24H27N3O3S. The summed E-state index contributed by atoms with van der Waals surface area (Å²) in [6, 6.07) is 19.1. The molecule has 2 aromatic rings. The van der Waals surface area contributed by atoms with Crippen LogP contribution < -0.4 is 4.90 Å². The minimum atomic E-state index is -1.39. The minimum Gasteiger partial charge on any atom is -0.466 e. The number of hydrogen-bond acceptors (Lipinski definition) is 7. The molecule has 2 atom stereocenters. The number of carbonyl (C=O) groups excluding carboxylic acids is 1. The lowest BCUT2D eigenvalue weighted by Gasteiger charge is -2.50. The van der Waals surface area contributed by atoms with Gasteiger partial charge in [0.2, 0.25) is 5.85 Å². The number of ether oxygens (including phenoxy) is 1. The molecule has 0 amide bonds. The lowest BCUT2D eigenvalue weighted by molar-refractivity contribution is -0.138. The van der Waals surface area contributed by atoms with Gasteiger partial charge in [-0.05, 0) is 38.5 Å². The third kappa shape index (κ3) is 3.62. The second-order valence-electron chi connectivity index (χ2n) is 7.93. The molecule has 1 N–H and O–H groups in total. The molecular weight excluding hydrogens is 410 g/mol. The first-order valence-corrected chi connectivity index (χ1v) is 11.3. The van der Waals surface area contributed by atoms with Crippen LogP contribution in [0.25, 0.3) is 0 Å². The molecule has 0 spiro atoms. The van der Waals surface area contributed by atoms with Crippen LogP contribution in [-0.2, 0) is 9.53 Å². The molecule has 1 fully saturated rings. The number of carbonyl (C=O) groups is 1. The van der Waals surface area contributed by atoms with Crippen molar-refractivity contribution in [3.05, 3.63) is 77.5 Å². The molecule has 6 nitrogen and oxygen atoms in total. The molecule has 0 unspecified atom stereocenters. The van der Waals surface area contributed by atoms with Gasteiger partial charge >= 0.3 is 5.97 Å². The molecule has 1 saturated heterocycles. The lowest BCUT2D eigenvalue weighted by Crippen LogP contribution is -2.64. The van der Waals surface area contributed by atoms with Gasteiger partial charge in [0, 0.05) is 11.7 Å². The van der Waals surface area contributed by atoms with Gasteiger partial charge in [-0.3, -0.25) is 4.90 Å². The highest BCUT2D eigenvalue weighted by atomic mass is 32.2. The number of nitrogens with zero attached hydrogens (tertiary/aromatic N) is 3. The van der Waals surface area contributed by atoms with Crippen molar-refractivity contribution in [3.8, 4) is 0 Å². The SMILES string of the molecule is COC(=O)C1=C(C)N=C2SC[C@](O)(N(c3ccccc3)C(C)C)N2[C@@H]1c1ccccc1. The molecule has 0 radical (unpaired) electrons. The summed E-state index contributed by atoms with van der Waals surface area (Å²) in [5.74, 6) is -1.44. The van der Waals surface area contributed by atoms with E-state index >= 15 is 0 Å². The number of aliphatic imine (C=N–C) groups is 1. The molecule has 2 aromatic carbocycles. The maximum Gasteiger partial charge on any atom is 0.338 e. The number of hydrogen-bond donors (Lipinski definition) is 1. The summed E-state index contributed by atoms with van der Waals surface area (Å²) in [4.78, 5) is 21.4. The Balaban J connectivity index is 1.91. The summed E-state index contributed by atoms with van der Waals surface area (Å²) < 4.78 is 5.13. The van der Waals surface area contributed by atoms with Gasteiger partial charge in [-0.1, -0.05) is 60.3 Å². The highest BCUT2D eigenvalue weighted by Gasteiger charge is 2.55. The molecule has 0 bridgehead atoms. The van der Waals surface area contributed by atoms with E-state index in [1.165, 1.54) is 18.9 Å². The topological polar surface area (TPSA) is 65.4 Å². The normalized spacial score (nSPS) is 23.0. The maximum atomic E-state index is 12.9. The van der Waals surface area contributed by atoms with E-state index in [1.807, 2.05) is 77.4 Å². The van der Waals surface area contributed by atoms with E-state index in [4.69, 9.17) is 9.73 Å². The molecule has 0 aliphatic carbocycles. The number of allylic oxidation sites excluding steroid dienone is 1. The smallest absolute Gasteiger partial charge is 0.338 e. The highest BCUT2D eigenvalue weighted by Crippen LogP contribution is 2.48. The Kier molecular flexibility index (Phi) is 5.81. The second-order valence-corrected chi connectivity index (χ2v) is 8.87. The van der Waals surface area contributed by atoms with Crippen molar-refractivity contribution in [2.24, 2.45) is 4.99 Å². The van der Waals surface area contributed by atoms with Crippen LogP contribution in [0.3, 0.4) is 0 Å². The zero-order valence-corrected chi connectivity index (χ0v) is 19.0. The monoisotopic (exact) mass is 437 g/mol. The van der Waals surface area contributed by atoms with Crippen LogP contribution in [0.4, 0.5) is 5.69 Å². The predicted octanol–water partition coefficient (Wildman–Crippen LogP) is 4.15. The zero-order valence-electron chi connectivity index (χ0n) is 18.1. The molecule has 2 aliphatic rings. The summed E-state index contributed by atoms with van der Waals surface area (Å²) >= 11 is 1.50. The number of fused-ring (bicyclic) bond motifs is 1. The first-order chi connectivity index (χ1) is 14.9. The van der Waals surface area contributed by atoms with Crippen molar-refractivity contribution in [1.29, 1.82) is 0 Å². The number of aliphatic hydroxyl groups is 1. The number of anilines is 1. The average Bonchev–Trinajstić information content (AvgIpc) is 3.09. The number of amidine groups is 1. The van der Waals surface area contributed by atoms with E-state index in [0.29, 0.717) is 22.2 Å². The van der Waals surface area contributed by atoms with Gasteiger partial charge in [-0.25, -0.2) is 9.79 Å². The zero-order chi connectivity index (χ0) is 22.2. The van der Waals surface area contributed by atoms with Crippen LogP contribution in [-0.4, -0.2) is 45.9 Å². The Labute approximate surface area is 187 Å². The fourth-order valence-electron chi connectivity index (χ4n) is 4.40. The summed E-state index contributed by atoms with van der Waals surface area (Å²) in [6.45, 7) is 5.92. The Morgan fingerprint density at radius 3 is 2.39 bits per heavy atom. The fourth-order valence-corrected chi connectivity index (χ4v) is 5.59. The lowest BCUT2D eigenvalue weighted by atomic mass is 9.93. The van der Waals surface area contributed by atoms with Gasteiger partial charge in [0.25, 0.3) is 0 Å². The van der Waals surface area contributed by atoms with Crippen LogP contribution in [0.2, 0.25) is 0 Å². The van der Waals surface area contributed by atoms with Crippen molar-refractivity contribution >= 4 is 28.6 Å². The van der Waals surface area contributed by atoms with Gasteiger partial charge < -0.3 is 14.7 Å². The standard InChI is InChI=1S/C24H27N3O3S/c1-16(2)26(19-13-9-6-10-14-19)24(29)15-31-23-25-17(3)20(22(28)30-4)21(27(23)24)18-11-7-5-8-12-18/h5-14,16,21,29H,15H2,1-4H3/t21-,24+/m1/s1. The number of para-hydroxylation sites is 1. The number of thioether (sulfide) groups is 1. The van der Waals surface area contributed by atoms with Crippen LogP contribution in [0, 0.1) is 0 Å². The average molecular weight is 438 g/mol. The van der Waals surface area contributed by atoms with E-state index in [-0.39, 0.29) is 6.04 Å². The van der Waals surface area contributed by atoms with Crippen LogP contribution >= 0.6 is 11.8 Å². The quantitative estimate of drug-likeness (QED) is 0.560. The van der Waals surface area contributed by atoms with Gasteiger partial charge in [0.05, 0.1) is 30.2 Å². The van der Waals surface area contributed by atoms with Crippen LogP contribution in [0.5, 0.6) is 0 Å². The molecule has 2 heterocycles. The van der Waals surface area contributed by atoms with Gasteiger partial charge in [0.1, 0.15) is 0 Å². The third-order valence-corrected chi connectivity index (χ3v) is 6.71. The maximum absolute atomic E-state index is 12.9. The fraction of sp³-hybridized carbons (Fsp3) is 0.333. The first-order valence-electron chi connectivity index (χ1n) is 10.3. The Hall–Kier alpha value is -2.77. The predicted molar refractivity (Wildman–Crippen MR) is 125 cm³/mol. The van der Waals surface area contributed by atoms with Crippen molar-refractivity contribution in [2.75, 3.05) is 17.8 Å². The molecule has 31 heavy (non-hydrogen) atoms. The molecule has 0 aromatic heterocycles. The van der Waals surface area contributed by atoms with Crippen molar-refractivity contribution in [2.45, 2.75) is 38.7 Å². The largest absolute Gasteiger partial charge is 0.466 e. The Bertz CT molecular complexity index is 1020. The molecule has 4 rings (SSSR count). The Morgan fingerprint density at radius 1 is 1.19 bits per heavy atom. The first kappa shape index (κ1) is 21.5. The van der Waals surface area contributed by atoms with Crippen molar-refractivity contribution in [1.82, 2.24) is 4.90 Å². The molecule has 162 valence electrons. The molecule has 7 heteroatoms. The van der Waals surface area contributed by atoms with Crippen LogP contribution in [0.1, 0.15) is 32.4 Å². The van der Waals surface area contributed by atoms with Crippen molar-refractivity contribution in [3.63, 3.8) is 0 Å². The Morgan fingerprint density at radius 2 is 1.81 bits per heavy atom. The second kappa shape index (κ2) is 8.40. The van der Waals surface area contributed by atoms with E-state index in [9.17, 15) is 9.90 Å². The van der Waals surface area contributed by atoms with Gasteiger partial charge in [-0.15, -0.1) is 0 Å².